The Labute approximate surface area is 92.3 Å². The Morgan fingerprint density at radius 2 is 2.00 bits per heavy atom. The van der Waals surface area contributed by atoms with Crippen LogP contribution in [0.4, 0.5) is 0 Å². The van der Waals surface area contributed by atoms with Gasteiger partial charge in [0.1, 0.15) is 0 Å². The predicted octanol–water partition coefficient (Wildman–Crippen LogP) is 1.89. The van der Waals surface area contributed by atoms with Gasteiger partial charge in [-0.05, 0) is 9.50 Å². The average Bonchev–Trinajstić information content (AvgIpc) is 2.03. The number of carbonyl (C=O) groups excluding carboxylic acids is 1. The lowest BCUT2D eigenvalue weighted by Crippen LogP contribution is -2.31. The number of aliphatic hydroxyl groups excluding tert-OH is 1. The summed E-state index contributed by atoms with van der Waals surface area (Å²) >= 11 is 1.92. The third kappa shape index (κ3) is 3.64. The van der Waals surface area contributed by atoms with Crippen LogP contribution in [-0.2, 0) is 9.53 Å². The van der Waals surface area contributed by atoms with Crippen molar-refractivity contribution in [2.45, 2.75) is 26.9 Å². The SMILES string of the molecule is COC(=O)/C(=C\I)C(O)C(C)(C)C. The molecule has 0 radical (unpaired) electrons. The molecule has 0 aromatic heterocycles. The quantitative estimate of drug-likeness (QED) is 0.481. The van der Waals surface area contributed by atoms with E-state index in [-0.39, 0.29) is 5.41 Å². The molecule has 0 rings (SSSR count). The lowest BCUT2D eigenvalue weighted by Gasteiger charge is -2.26. The third-order valence-corrected chi connectivity index (χ3v) is 2.32. The lowest BCUT2D eigenvalue weighted by molar-refractivity contribution is -0.138. The van der Waals surface area contributed by atoms with Crippen LogP contribution in [0.15, 0.2) is 9.66 Å². The van der Waals surface area contributed by atoms with Crippen molar-refractivity contribution in [1.29, 1.82) is 0 Å². The van der Waals surface area contributed by atoms with Gasteiger partial charge in [0.2, 0.25) is 0 Å². The minimum atomic E-state index is -0.795. The molecule has 0 aliphatic heterocycles. The lowest BCUT2D eigenvalue weighted by atomic mass is 9.85. The zero-order valence-electron chi connectivity index (χ0n) is 8.30. The molecule has 0 spiro atoms. The fraction of sp³-hybridized carbons (Fsp3) is 0.667. The summed E-state index contributed by atoms with van der Waals surface area (Å²) in [6.07, 6.45) is -0.795. The van der Waals surface area contributed by atoms with Crippen LogP contribution in [-0.4, -0.2) is 24.3 Å². The Bertz CT molecular complexity index is 215. The highest BCUT2D eigenvalue weighted by Gasteiger charge is 2.29. The van der Waals surface area contributed by atoms with Crippen LogP contribution >= 0.6 is 22.6 Å². The van der Waals surface area contributed by atoms with Gasteiger partial charge in [0, 0.05) is 0 Å². The van der Waals surface area contributed by atoms with E-state index >= 15 is 0 Å². The predicted molar refractivity (Wildman–Crippen MR) is 59.6 cm³/mol. The minimum Gasteiger partial charge on any atom is -0.466 e. The van der Waals surface area contributed by atoms with Crippen molar-refractivity contribution in [3.63, 3.8) is 0 Å². The Balaban J connectivity index is 4.72. The zero-order chi connectivity index (χ0) is 10.6. The van der Waals surface area contributed by atoms with Crippen molar-refractivity contribution in [3.8, 4) is 0 Å². The van der Waals surface area contributed by atoms with Gasteiger partial charge in [0.15, 0.2) is 0 Å². The van der Waals surface area contributed by atoms with Crippen molar-refractivity contribution in [2.24, 2.45) is 5.41 Å². The van der Waals surface area contributed by atoms with Crippen LogP contribution in [0.1, 0.15) is 20.8 Å². The summed E-state index contributed by atoms with van der Waals surface area (Å²) in [5, 5.41) is 9.77. The van der Waals surface area contributed by atoms with E-state index in [4.69, 9.17) is 0 Å². The number of rotatable bonds is 2. The number of aliphatic hydroxyl groups is 1. The van der Waals surface area contributed by atoms with Crippen LogP contribution in [0.3, 0.4) is 0 Å². The highest BCUT2D eigenvalue weighted by molar-refractivity contribution is 14.1. The van der Waals surface area contributed by atoms with Gasteiger partial charge < -0.3 is 9.84 Å². The molecular formula is C9H15IO3. The normalized spacial score (nSPS) is 15.4. The first-order valence-corrected chi connectivity index (χ1v) is 5.15. The Morgan fingerprint density at radius 3 is 2.23 bits per heavy atom. The molecule has 0 saturated carbocycles. The second kappa shape index (κ2) is 4.95. The summed E-state index contributed by atoms with van der Waals surface area (Å²) in [6.45, 7) is 5.59. The maximum atomic E-state index is 11.2. The van der Waals surface area contributed by atoms with Gasteiger partial charge in [-0.25, -0.2) is 4.79 Å². The van der Waals surface area contributed by atoms with Gasteiger partial charge in [-0.2, -0.15) is 0 Å². The molecule has 4 heteroatoms. The molecule has 0 aromatic carbocycles. The molecule has 1 N–H and O–H groups in total. The van der Waals surface area contributed by atoms with Gasteiger partial charge in [0.25, 0.3) is 0 Å². The summed E-state index contributed by atoms with van der Waals surface area (Å²) in [7, 11) is 1.30. The molecule has 1 unspecified atom stereocenters. The van der Waals surface area contributed by atoms with Crippen molar-refractivity contribution in [2.75, 3.05) is 7.11 Å². The van der Waals surface area contributed by atoms with E-state index in [1.54, 1.807) is 4.08 Å². The number of carbonyl (C=O) groups is 1. The maximum absolute atomic E-state index is 11.2. The van der Waals surface area contributed by atoms with E-state index in [0.717, 1.165) is 0 Å². The Kier molecular flexibility index (Phi) is 4.91. The summed E-state index contributed by atoms with van der Waals surface area (Å²) in [6, 6.07) is 0. The minimum absolute atomic E-state index is 0.301. The van der Waals surface area contributed by atoms with Crippen LogP contribution < -0.4 is 0 Å². The summed E-state index contributed by atoms with van der Waals surface area (Å²) in [4.78, 5) is 11.2. The number of hydrogen-bond donors (Lipinski definition) is 1. The molecule has 3 nitrogen and oxygen atoms in total. The number of hydrogen-bond acceptors (Lipinski definition) is 3. The fourth-order valence-electron chi connectivity index (χ4n) is 0.800. The molecule has 0 bridgehead atoms. The van der Waals surface area contributed by atoms with Crippen LogP contribution in [0, 0.1) is 5.41 Å². The Morgan fingerprint density at radius 1 is 1.54 bits per heavy atom. The molecule has 1 atom stereocenters. The average molecular weight is 298 g/mol. The number of esters is 1. The summed E-state index contributed by atoms with van der Waals surface area (Å²) in [5.74, 6) is -0.475. The van der Waals surface area contributed by atoms with E-state index in [9.17, 15) is 9.90 Å². The van der Waals surface area contributed by atoms with Crippen LogP contribution in [0.5, 0.6) is 0 Å². The smallest absolute Gasteiger partial charge is 0.336 e. The van der Waals surface area contributed by atoms with Gasteiger partial charge >= 0.3 is 5.97 Å². The van der Waals surface area contributed by atoms with E-state index in [1.807, 2.05) is 43.4 Å². The molecule has 0 aliphatic carbocycles. The second-order valence-corrected chi connectivity index (χ2v) is 4.45. The summed E-state index contributed by atoms with van der Waals surface area (Å²) in [5.41, 5.74) is -0.0545. The maximum Gasteiger partial charge on any atom is 0.336 e. The standard InChI is InChI=1S/C9H15IO3/c1-9(2,3)7(11)6(5-10)8(12)13-4/h5,7,11H,1-4H3/b6-5-. The molecule has 13 heavy (non-hydrogen) atoms. The van der Waals surface area contributed by atoms with Crippen molar-refractivity contribution in [3.05, 3.63) is 9.66 Å². The van der Waals surface area contributed by atoms with Gasteiger partial charge in [-0.3, -0.25) is 0 Å². The van der Waals surface area contributed by atoms with E-state index in [0.29, 0.717) is 5.57 Å². The second-order valence-electron chi connectivity index (χ2n) is 3.82. The highest BCUT2D eigenvalue weighted by Crippen LogP contribution is 2.26. The topological polar surface area (TPSA) is 46.5 Å². The molecule has 0 aliphatic rings. The van der Waals surface area contributed by atoms with Gasteiger partial charge in [-0.15, -0.1) is 0 Å². The zero-order valence-corrected chi connectivity index (χ0v) is 10.5. The number of methoxy groups -OCH3 is 1. The molecule has 0 fully saturated rings. The van der Waals surface area contributed by atoms with Crippen LogP contribution in [0.2, 0.25) is 0 Å². The highest BCUT2D eigenvalue weighted by atomic mass is 127. The molecule has 0 aromatic rings. The molecule has 0 saturated heterocycles. The van der Waals surface area contributed by atoms with Crippen molar-refractivity contribution in [1.82, 2.24) is 0 Å². The van der Waals surface area contributed by atoms with E-state index in [1.165, 1.54) is 7.11 Å². The van der Waals surface area contributed by atoms with E-state index in [2.05, 4.69) is 4.74 Å². The van der Waals surface area contributed by atoms with Crippen molar-refractivity contribution < 1.29 is 14.6 Å². The number of ether oxygens (including phenoxy) is 1. The van der Waals surface area contributed by atoms with Gasteiger partial charge in [0.05, 0.1) is 18.8 Å². The van der Waals surface area contributed by atoms with Crippen LogP contribution in [0.25, 0.3) is 0 Å². The van der Waals surface area contributed by atoms with Crippen molar-refractivity contribution >= 4 is 28.6 Å². The van der Waals surface area contributed by atoms with E-state index < -0.39 is 12.1 Å². The molecule has 0 heterocycles. The first-order valence-electron chi connectivity index (χ1n) is 3.91. The number of halogens is 1. The fourth-order valence-corrected chi connectivity index (χ4v) is 1.40. The van der Waals surface area contributed by atoms with Gasteiger partial charge in [-0.1, -0.05) is 43.4 Å². The monoisotopic (exact) mass is 298 g/mol. The molecule has 76 valence electrons. The summed E-state index contributed by atoms with van der Waals surface area (Å²) < 4.78 is 6.10. The molecule has 0 amide bonds. The first-order chi connectivity index (χ1) is 5.84. The Hall–Kier alpha value is -0.100. The first kappa shape index (κ1) is 12.9. The molecular weight excluding hydrogens is 283 g/mol. The largest absolute Gasteiger partial charge is 0.466 e. The third-order valence-electron chi connectivity index (χ3n) is 1.65.